The fraction of sp³-hybridized carbons (Fsp3) is 0.727. The lowest BCUT2D eigenvalue weighted by atomic mass is 9.96. The monoisotopic (exact) mass is 617 g/mol. The number of rotatable bonds is 7. The number of urea groups is 2. The van der Waals surface area contributed by atoms with Crippen molar-refractivity contribution in [2.75, 3.05) is 38.7 Å². The molecule has 0 spiro atoms. The van der Waals surface area contributed by atoms with Gasteiger partial charge in [-0.15, -0.1) is 0 Å². The normalized spacial score (nSPS) is 23.1. The number of nitrogens with one attached hydrogen (secondary N) is 3. The van der Waals surface area contributed by atoms with E-state index >= 15 is 0 Å². The highest BCUT2D eigenvalue weighted by Crippen LogP contribution is 2.29. The molecular weight excluding hydrogens is 562 g/mol. The molecule has 248 valence electrons. The number of likely N-dealkylation sites (N-methyl/N-ethyl adjacent to an activating group) is 1. The minimum atomic E-state index is -0.489. The molecule has 1 aromatic rings. The number of fused-ring (bicyclic) bond motifs is 1. The van der Waals surface area contributed by atoms with E-state index in [-0.39, 0.29) is 54.8 Å². The molecule has 0 bridgehead atoms. The Balaban J connectivity index is 1.88. The highest BCUT2D eigenvalue weighted by Gasteiger charge is 2.31. The van der Waals surface area contributed by atoms with Crippen LogP contribution in [0.3, 0.4) is 0 Å². The summed E-state index contributed by atoms with van der Waals surface area (Å²) in [6, 6.07) is 4.36. The largest absolute Gasteiger partial charge is 0.490 e. The molecule has 3 rings (SSSR count). The van der Waals surface area contributed by atoms with Gasteiger partial charge in [-0.3, -0.25) is 4.79 Å². The van der Waals surface area contributed by atoms with Crippen molar-refractivity contribution in [2.24, 2.45) is 5.92 Å². The van der Waals surface area contributed by atoms with Crippen molar-refractivity contribution in [3.05, 3.63) is 23.8 Å². The summed E-state index contributed by atoms with van der Waals surface area (Å²) in [4.78, 5) is 43.0. The number of nitrogens with zero attached hydrogens (tertiary/aromatic N) is 2. The smallest absolute Gasteiger partial charge is 0.319 e. The van der Waals surface area contributed by atoms with E-state index in [1.807, 2.05) is 27.7 Å². The summed E-state index contributed by atoms with van der Waals surface area (Å²) >= 11 is 0. The molecule has 4 N–H and O–H groups in total. The Morgan fingerprint density at radius 2 is 1.77 bits per heavy atom. The number of carbonyl (C=O) groups is 3. The zero-order chi connectivity index (χ0) is 32.2. The summed E-state index contributed by atoms with van der Waals surface area (Å²) in [7, 11) is 1.74. The number of carbonyl (C=O) groups excluding carboxylic acids is 3. The third-order valence-corrected chi connectivity index (χ3v) is 8.46. The minimum Gasteiger partial charge on any atom is -0.490 e. The molecule has 44 heavy (non-hydrogen) atoms. The Morgan fingerprint density at radius 3 is 2.45 bits per heavy atom. The topological polar surface area (TPSA) is 132 Å². The van der Waals surface area contributed by atoms with E-state index in [2.05, 4.69) is 16.0 Å². The van der Waals surface area contributed by atoms with Crippen molar-refractivity contribution in [1.82, 2.24) is 20.4 Å². The Hall–Kier alpha value is -3.05. The predicted molar refractivity (Wildman–Crippen MR) is 172 cm³/mol. The standard InChI is InChI=1S/C33H55N5O6/c1-22(2)34-33(42)37(6)20-30-23(3)19-38(24(4)21-39)31(40)28-18-27(36-32(41)35-26-13-8-7-9-14-26)15-16-29(28)44-25(5)12-10-11-17-43-30/h15-16,18,22-26,30,39H,7-14,17,19-21H2,1-6H3,(H,34,42)(H2,35,36,41)/t23-,24+,25-,30+/m0/s1. The lowest BCUT2D eigenvalue weighted by molar-refractivity contribution is -0.0122. The van der Waals surface area contributed by atoms with Gasteiger partial charge in [-0.25, -0.2) is 9.59 Å². The first-order chi connectivity index (χ1) is 21.0. The van der Waals surface area contributed by atoms with E-state index in [9.17, 15) is 19.5 Å². The molecule has 0 aromatic heterocycles. The van der Waals surface area contributed by atoms with Crippen molar-refractivity contribution in [3.8, 4) is 5.75 Å². The number of ether oxygens (including phenoxy) is 2. The molecule has 2 aliphatic rings. The molecule has 0 radical (unpaired) electrons. The van der Waals surface area contributed by atoms with Crippen molar-refractivity contribution in [1.29, 1.82) is 0 Å². The van der Waals surface area contributed by atoms with Gasteiger partial charge in [-0.1, -0.05) is 26.2 Å². The third kappa shape index (κ3) is 10.8. The highest BCUT2D eigenvalue weighted by molar-refractivity contribution is 5.99. The van der Waals surface area contributed by atoms with Gasteiger partial charge >= 0.3 is 12.1 Å². The van der Waals surface area contributed by atoms with Crippen LogP contribution in [-0.4, -0.2) is 96.6 Å². The maximum Gasteiger partial charge on any atom is 0.319 e. The molecule has 11 nitrogen and oxygen atoms in total. The number of amides is 5. The van der Waals surface area contributed by atoms with Crippen LogP contribution in [0.25, 0.3) is 0 Å². The summed E-state index contributed by atoms with van der Waals surface area (Å²) in [5.74, 6) is -0.0202. The second-order valence-corrected chi connectivity index (χ2v) is 12.9. The summed E-state index contributed by atoms with van der Waals surface area (Å²) in [6.45, 7) is 10.6. The molecule has 1 fully saturated rings. The molecule has 1 aromatic carbocycles. The number of hydrogen-bond acceptors (Lipinski definition) is 6. The SMILES string of the molecule is CC(C)NC(=O)N(C)C[C@H]1OCCCC[C@H](C)Oc2ccc(NC(=O)NC3CCCCC3)cc2C(=O)N([C@H](C)CO)C[C@@H]1C. The first-order valence-corrected chi connectivity index (χ1v) is 16.4. The van der Waals surface area contributed by atoms with Crippen LogP contribution in [0, 0.1) is 5.92 Å². The Bertz CT molecular complexity index is 1080. The van der Waals surface area contributed by atoms with Crippen LogP contribution in [0.4, 0.5) is 15.3 Å². The van der Waals surface area contributed by atoms with Gasteiger partial charge in [0, 0.05) is 50.4 Å². The van der Waals surface area contributed by atoms with Crippen LogP contribution >= 0.6 is 0 Å². The zero-order valence-electron chi connectivity index (χ0n) is 27.6. The summed E-state index contributed by atoms with van der Waals surface area (Å²) in [6.07, 6.45) is 7.36. The van der Waals surface area contributed by atoms with Crippen molar-refractivity contribution in [3.63, 3.8) is 0 Å². The minimum absolute atomic E-state index is 0.00722. The van der Waals surface area contributed by atoms with Gasteiger partial charge in [-0.05, 0) is 78.0 Å². The second-order valence-electron chi connectivity index (χ2n) is 12.9. The fourth-order valence-corrected chi connectivity index (χ4v) is 5.77. The van der Waals surface area contributed by atoms with Crippen LogP contribution in [0.5, 0.6) is 5.75 Å². The van der Waals surface area contributed by atoms with Crippen molar-refractivity contribution in [2.45, 2.75) is 116 Å². The van der Waals surface area contributed by atoms with Crippen molar-refractivity contribution < 1.29 is 29.0 Å². The van der Waals surface area contributed by atoms with Crippen LogP contribution in [-0.2, 0) is 4.74 Å². The van der Waals surface area contributed by atoms with E-state index < -0.39 is 6.04 Å². The second kappa shape index (κ2) is 17.4. The van der Waals surface area contributed by atoms with Gasteiger partial charge in [0.05, 0.1) is 30.4 Å². The summed E-state index contributed by atoms with van der Waals surface area (Å²) in [5.41, 5.74) is 0.814. The lowest BCUT2D eigenvalue weighted by Crippen LogP contribution is -2.49. The molecule has 1 aliphatic carbocycles. The van der Waals surface area contributed by atoms with Crippen LogP contribution in [0.1, 0.15) is 96.3 Å². The van der Waals surface area contributed by atoms with Crippen LogP contribution < -0.4 is 20.7 Å². The van der Waals surface area contributed by atoms with Crippen LogP contribution in [0.15, 0.2) is 18.2 Å². The molecule has 4 atom stereocenters. The first-order valence-electron chi connectivity index (χ1n) is 16.4. The Morgan fingerprint density at radius 1 is 1.07 bits per heavy atom. The lowest BCUT2D eigenvalue weighted by Gasteiger charge is -2.36. The summed E-state index contributed by atoms with van der Waals surface area (Å²) < 4.78 is 12.6. The van der Waals surface area contributed by atoms with Gasteiger partial charge < -0.3 is 40.3 Å². The Labute approximate surface area is 263 Å². The van der Waals surface area contributed by atoms with Crippen molar-refractivity contribution >= 4 is 23.7 Å². The van der Waals surface area contributed by atoms with Gasteiger partial charge in [0.2, 0.25) is 0 Å². The number of hydrogen-bond donors (Lipinski definition) is 4. The van der Waals surface area contributed by atoms with Gasteiger partial charge in [0.15, 0.2) is 0 Å². The quantitative estimate of drug-likeness (QED) is 0.341. The van der Waals surface area contributed by atoms with E-state index in [1.54, 1.807) is 42.0 Å². The molecule has 0 unspecified atom stereocenters. The molecule has 0 saturated heterocycles. The number of anilines is 1. The molecule has 1 aliphatic heterocycles. The average molecular weight is 618 g/mol. The molecule has 11 heteroatoms. The van der Waals surface area contributed by atoms with E-state index in [0.29, 0.717) is 36.7 Å². The number of benzene rings is 1. The fourth-order valence-electron chi connectivity index (χ4n) is 5.77. The predicted octanol–water partition coefficient (Wildman–Crippen LogP) is 4.99. The maximum absolute atomic E-state index is 14.3. The maximum atomic E-state index is 14.3. The van der Waals surface area contributed by atoms with E-state index in [0.717, 1.165) is 44.9 Å². The Kier molecular flexibility index (Phi) is 14.0. The van der Waals surface area contributed by atoms with Crippen LogP contribution in [0.2, 0.25) is 0 Å². The first kappa shape index (κ1) is 35.4. The van der Waals surface area contributed by atoms with Gasteiger partial charge in [0.25, 0.3) is 5.91 Å². The summed E-state index contributed by atoms with van der Waals surface area (Å²) in [5, 5.41) is 19.0. The highest BCUT2D eigenvalue weighted by atomic mass is 16.5. The third-order valence-electron chi connectivity index (χ3n) is 8.46. The molecular formula is C33H55N5O6. The number of aliphatic hydroxyl groups excluding tert-OH is 1. The number of aliphatic hydroxyl groups is 1. The van der Waals surface area contributed by atoms with E-state index in [4.69, 9.17) is 9.47 Å². The zero-order valence-corrected chi connectivity index (χ0v) is 27.6. The van der Waals surface area contributed by atoms with Gasteiger partial charge in [-0.2, -0.15) is 0 Å². The molecule has 1 heterocycles. The molecule has 5 amide bonds. The molecule has 1 saturated carbocycles. The van der Waals surface area contributed by atoms with E-state index in [1.165, 1.54) is 6.42 Å². The van der Waals surface area contributed by atoms with Gasteiger partial charge in [0.1, 0.15) is 5.75 Å². The average Bonchev–Trinajstić information content (AvgIpc) is 2.98.